The Bertz CT molecular complexity index is 429. The van der Waals surface area contributed by atoms with Crippen molar-refractivity contribution in [2.45, 2.75) is 44.8 Å². The van der Waals surface area contributed by atoms with E-state index in [1.807, 2.05) is 13.8 Å². The highest BCUT2D eigenvalue weighted by molar-refractivity contribution is 5.33. The van der Waals surface area contributed by atoms with Gasteiger partial charge in [-0.15, -0.1) is 0 Å². The number of nitrogens with two attached hydrogens (primary N) is 1. The molecular weight excluding hydrogens is 246 g/mol. The van der Waals surface area contributed by atoms with E-state index in [2.05, 4.69) is 20.3 Å². The maximum absolute atomic E-state index is 5.64. The minimum Gasteiger partial charge on any atom is -0.461 e. The number of rotatable bonds is 6. The number of ether oxygens (including phenoxy) is 2. The second kappa shape index (κ2) is 5.56. The van der Waals surface area contributed by atoms with E-state index in [4.69, 9.17) is 15.2 Å². The zero-order chi connectivity index (χ0) is 13.9. The Hall–Kier alpha value is -1.63. The van der Waals surface area contributed by atoms with Crippen molar-refractivity contribution >= 4 is 11.9 Å². The zero-order valence-electron chi connectivity index (χ0n) is 11.6. The predicted octanol–water partition coefficient (Wildman–Crippen LogP) is 1.22. The minimum absolute atomic E-state index is 0.00778. The summed E-state index contributed by atoms with van der Waals surface area (Å²) in [6.45, 7) is 4.47. The van der Waals surface area contributed by atoms with Crippen LogP contribution in [0.2, 0.25) is 0 Å². The summed E-state index contributed by atoms with van der Waals surface area (Å²) >= 11 is 0. The third kappa shape index (κ3) is 3.44. The van der Waals surface area contributed by atoms with E-state index in [9.17, 15) is 0 Å². The van der Waals surface area contributed by atoms with Crippen molar-refractivity contribution in [2.75, 3.05) is 24.7 Å². The number of nitrogens with one attached hydrogen (secondary N) is 1. The van der Waals surface area contributed by atoms with E-state index in [0.717, 1.165) is 12.8 Å². The monoisotopic (exact) mass is 267 g/mol. The second-order valence-corrected chi connectivity index (χ2v) is 5.06. The van der Waals surface area contributed by atoms with Gasteiger partial charge in [-0.05, 0) is 33.1 Å². The summed E-state index contributed by atoms with van der Waals surface area (Å²) in [7, 11) is 1.73. The van der Waals surface area contributed by atoms with Gasteiger partial charge < -0.3 is 20.5 Å². The predicted molar refractivity (Wildman–Crippen MR) is 72.1 cm³/mol. The highest BCUT2D eigenvalue weighted by Crippen LogP contribution is 2.34. The van der Waals surface area contributed by atoms with Crippen LogP contribution in [-0.4, -0.2) is 40.3 Å². The van der Waals surface area contributed by atoms with Gasteiger partial charge in [-0.25, -0.2) is 0 Å². The third-order valence-corrected chi connectivity index (χ3v) is 3.24. The fourth-order valence-electron chi connectivity index (χ4n) is 1.98. The molecule has 7 heteroatoms. The van der Waals surface area contributed by atoms with E-state index in [0.29, 0.717) is 12.5 Å². The molecule has 0 saturated heterocycles. The Balaban J connectivity index is 2.01. The molecule has 1 aromatic rings. The van der Waals surface area contributed by atoms with Gasteiger partial charge in [0.05, 0.1) is 11.7 Å². The minimum atomic E-state index is -0.0968. The Labute approximate surface area is 112 Å². The third-order valence-electron chi connectivity index (χ3n) is 3.24. The Morgan fingerprint density at radius 2 is 2.05 bits per heavy atom. The Kier molecular flexibility index (Phi) is 4.04. The van der Waals surface area contributed by atoms with Crippen LogP contribution in [0.4, 0.5) is 11.9 Å². The summed E-state index contributed by atoms with van der Waals surface area (Å²) in [5, 5.41) is 3.15. The molecule has 1 saturated carbocycles. The van der Waals surface area contributed by atoms with Gasteiger partial charge in [0.25, 0.3) is 0 Å². The van der Waals surface area contributed by atoms with Crippen molar-refractivity contribution in [3.05, 3.63) is 0 Å². The largest absolute Gasteiger partial charge is 0.461 e. The maximum Gasteiger partial charge on any atom is 0.323 e. The molecule has 1 aliphatic rings. The fraction of sp³-hybridized carbons (Fsp3) is 0.750. The Morgan fingerprint density at radius 3 is 2.58 bits per heavy atom. The lowest BCUT2D eigenvalue weighted by Crippen LogP contribution is -2.45. The van der Waals surface area contributed by atoms with Gasteiger partial charge >= 0.3 is 6.01 Å². The van der Waals surface area contributed by atoms with Crippen molar-refractivity contribution in [1.29, 1.82) is 0 Å². The summed E-state index contributed by atoms with van der Waals surface area (Å²) in [4.78, 5) is 12.2. The van der Waals surface area contributed by atoms with Crippen molar-refractivity contribution in [3.63, 3.8) is 0 Å². The molecule has 0 aromatic carbocycles. The molecule has 106 valence electrons. The van der Waals surface area contributed by atoms with E-state index in [1.54, 1.807) is 7.11 Å². The van der Waals surface area contributed by atoms with E-state index in [1.165, 1.54) is 6.42 Å². The van der Waals surface area contributed by atoms with Gasteiger partial charge in [0.2, 0.25) is 11.9 Å². The van der Waals surface area contributed by atoms with Crippen LogP contribution in [0.1, 0.15) is 33.1 Å². The number of hydrogen-bond donors (Lipinski definition) is 2. The first kappa shape index (κ1) is 13.8. The highest BCUT2D eigenvalue weighted by Gasteiger charge is 2.36. The smallest absolute Gasteiger partial charge is 0.323 e. The summed E-state index contributed by atoms with van der Waals surface area (Å²) in [6, 6.07) is 0.241. The molecule has 7 nitrogen and oxygen atoms in total. The molecule has 0 spiro atoms. The number of aromatic nitrogens is 3. The molecule has 3 N–H and O–H groups in total. The summed E-state index contributed by atoms with van der Waals surface area (Å²) in [5.41, 5.74) is 5.54. The van der Waals surface area contributed by atoms with Gasteiger partial charge in [0.15, 0.2) is 0 Å². The van der Waals surface area contributed by atoms with Crippen molar-refractivity contribution in [3.8, 4) is 6.01 Å². The van der Waals surface area contributed by atoms with Crippen LogP contribution < -0.4 is 15.8 Å². The zero-order valence-corrected chi connectivity index (χ0v) is 11.6. The summed E-state index contributed by atoms with van der Waals surface area (Å²) < 4.78 is 10.9. The number of methoxy groups -OCH3 is 1. The van der Waals surface area contributed by atoms with Crippen LogP contribution in [0.5, 0.6) is 6.01 Å². The molecule has 0 atom stereocenters. The first-order valence-electron chi connectivity index (χ1n) is 6.50. The van der Waals surface area contributed by atoms with Gasteiger partial charge in [0.1, 0.15) is 0 Å². The normalized spacial score (nSPS) is 17.1. The van der Waals surface area contributed by atoms with E-state index in [-0.39, 0.29) is 23.7 Å². The lowest BCUT2D eigenvalue weighted by molar-refractivity contribution is -0.0602. The summed E-state index contributed by atoms with van der Waals surface area (Å²) in [6.07, 6.45) is 3.28. The van der Waals surface area contributed by atoms with E-state index < -0.39 is 0 Å². The van der Waals surface area contributed by atoms with Crippen LogP contribution in [0, 0.1) is 0 Å². The number of nitrogen functional groups attached to an aromatic ring is 1. The van der Waals surface area contributed by atoms with Crippen molar-refractivity contribution in [1.82, 2.24) is 15.0 Å². The number of anilines is 2. The maximum atomic E-state index is 5.64. The Morgan fingerprint density at radius 1 is 1.32 bits per heavy atom. The van der Waals surface area contributed by atoms with Gasteiger partial charge in [0, 0.05) is 13.7 Å². The van der Waals surface area contributed by atoms with Gasteiger partial charge in [-0.1, -0.05) is 0 Å². The molecule has 1 fully saturated rings. The lowest BCUT2D eigenvalue weighted by Gasteiger charge is -2.40. The van der Waals surface area contributed by atoms with E-state index >= 15 is 0 Å². The number of nitrogens with zero attached hydrogens (tertiary/aromatic N) is 3. The van der Waals surface area contributed by atoms with Crippen LogP contribution in [-0.2, 0) is 4.74 Å². The standard InChI is InChI=1S/C12H21N5O2/c1-8(2)19-11-16-9(13)15-10(17-11)14-7-12(18-3)5-4-6-12/h8H,4-7H2,1-3H3,(H3,13,14,15,16,17). The fourth-order valence-corrected chi connectivity index (χ4v) is 1.98. The molecule has 2 rings (SSSR count). The average Bonchev–Trinajstić information content (AvgIpc) is 2.26. The quantitative estimate of drug-likeness (QED) is 0.800. The summed E-state index contributed by atoms with van der Waals surface area (Å²) in [5.74, 6) is 0.569. The molecule has 0 aliphatic heterocycles. The lowest BCUT2D eigenvalue weighted by atomic mass is 9.80. The first-order chi connectivity index (χ1) is 9.03. The number of hydrogen-bond acceptors (Lipinski definition) is 7. The van der Waals surface area contributed by atoms with Gasteiger partial charge in [-0.3, -0.25) is 0 Å². The van der Waals surface area contributed by atoms with Crippen molar-refractivity contribution < 1.29 is 9.47 Å². The van der Waals surface area contributed by atoms with Crippen LogP contribution in [0.25, 0.3) is 0 Å². The molecule has 1 aliphatic carbocycles. The topological polar surface area (TPSA) is 95.2 Å². The molecule has 0 amide bonds. The van der Waals surface area contributed by atoms with Crippen LogP contribution in [0.15, 0.2) is 0 Å². The molecular formula is C12H21N5O2. The first-order valence-corrected chi connectivity index (χ1v) is 6.50. The SMILES string of the molecule is COC1(CNc2nc(N)nc(OC(C)C)n2)CCC1. The molecule has 1 aromatic heterocycles. The highest BCUT2D eigenvalue weighted by atomic mass is 16.5. The molecule has 0 unspecified atom stereocenters. The molecule has 0 bridgehead atoms. The molecule has 1 heterocycles. The second-order valence-electron chi connectivity index (χ2n) is 5.06. The average molecular weight is 267 g/mol. The van der Waals surface area contributed by atoms with Crippen molar-refractivity contribution in [2.24, 2.45) is 0 Å². The van der Waals surface area contributed by atoms with Gasteiger partial charge in [-0.2, -0.15) is 15.0 Å². The van der Waals surface area contributed by atoms with Crippen LogP contribution >= 0.6 is 0 Å². The van der Waals surface area contributed by atoms with Crippen LogP contribution in [0.3, 0.4) is 0 Å². The molecule has 19 heavy (non-hydrogen) atoms. The molecule has 0 radical (unpaired) electrons.